The molecule has 2 rings (SSSR count). The molecule has 0 atom stereocenters. The van der Waals surface area contributed by atoms with Crippen LogP contribution in [0.2, 0.25) is 0 Å². The second kappa shape index (κ2) is 9.01. The molecule has 0 saturated carbocycles. The van der Waals surface area contributed by atoms with Crippen molar-refractivity contribution in [3.05, 3.63) is 59.2 Å². The standard InChI is InChI=1S/C20H26N2O4S/c1-15-7-10-17(14-19(15)27(24,25)22(2)3)20(23)21-13-5-6-16-8-11-18(26-4)12-9-16/h7-12,14H,5-6,13H2,1-4H3,(H,21,23). The fraction of sp³-hybridized carbons (Fsp3) is 0.350. The van der Waals surface area contributed by atoms with E-state index in [4.69, 9.17) is 4.74 Å². The summed E-state index contributed by atoms with van der Waals surface area (Å²) in [6.45, 7) is 2.22. The van der Waals surface area contributed by atoms with Crippen LogP contribution in [0.5, 0.6) is 5.75 Å². The van der Waals surface area contributed by atoms with Crippen molar-refractivity contribution in [1.29, 1.82) is 0 Å². The summed E-state index contributed by atoms with van der Waals surface area (Å²) in [5, 5.41) is 2.85. The summed E-state index contributed by atoms with van der Waals surface area (Å²) in [6, 6.07) is 12.5. The van der Waals surface area contributed by atoms with Gasteiger partial charge in [0.05, 0.1) is 12.0 Å². The lowest BCUT2D eigenvalue weighted by molar-refractivity contribution is 0.0953. The topological polar surface area (TPSA) is 75.7 Å². The smallest absolute Gasteiger partial charge is 0.251 e. The molecule has 0 unspecified atom stereocenters. The summed E-state index contributed by atoms with van der Waals surface area (Å²) in [6.07, 6.45) is 1.62. The zero-order valence-corrected chi connectivity index (χ0v) is 17.0. The van der Waals surface area contributed by atoms with Crippen molar-refractivity contribution in [3.63, 3.8) is 0 Å². The first-order chi connectivity index (χ1) is 12.8. The Bertz CT molecular complexity index is 891. The number of ether oxygens (including phenoxy) is 1. The van der Waals surface area contributed by atoms with Crippen molar-refractivity contribution in [3.8, 4) is 5.75 Å². The minimum Gasteiger partial charge on any atom is -0.497 e. The highest BCUT2D eigenvalue weighted by molar-refractivity contribution is 7.89. The van der Waals surface area contributed by atoms with Gasteiger partial charge in [-0.3, -0.25) is 4.79 Å². The largest absolute Gasteiger partial charge is 0.497 e. The number of sulfonamides is 1. The monoisotopic (exact) mass is 390 g/mol. The summed E-state index contributed by atoms with van der Waals surface area (Å²) < 4.78 is 31.0. The van der Waals surface area contributed by atoms with E-state index in [9.17, 15) is 13.2 Å². The van der Waals surface area contributed by atoms with Crippen LogP contribution in [0.3, 0.4) is 0 Å². The maximum Gasteiger partial charge on any atom is 0.251 e. The number of hydrogen-bond donors (Lipinski definition) is 1. The molecule has 1 amide bonds. The van der Waals surface area contributed by atoms with Gasteiger partial charge in [-0.2, -0.15) is 0 Å². The van der Waals surface area contributed by atoms with Gasteiger partial charge in [0, 0.05) is 26.2 Å². The fourth-order valence-electron chi connectivity index (χ4n) is 2.60. The van der Waals surface area contributed by atoms with Gasteiger partial charge in [-0.15, -0.1) is 0 Å². The Hall–Kier alpha value is -2.38. The van der Waals surface area contributed by atoms with Gasteiger partial charge in [0.15, 0.2) is 0 Å². The molecule has 7 heteroatoms. The van der Waals surface area contributed by atoms with Crippen LogP contribution in [-0.2, 0) is 16.4 Å². The molecule has 6 nitrogen and oxygen atoms in total. The van der Waals surface area contributed by atoms with E-state index in [0.29, 0.717) is 17.7 Å². The van der Waals surface area contributed by atoms with Crippen molar-refractivity contribution in [2.75, 3.05) is 27.7 Å². The summed E-state index contributed by atoms with van der Waals surface area (Å²) in [7, 11) is 0.988. The van der Waals surface area contributed by atoms with Gasteiger partial charge in [-0.1, -0.05) is 18.2 Å². The lowest BCUT2D eigenvalue weighted by Gasteiger charge is -2.14. The zero-order chi connectivity index (χ0) is 20.0. The first-order valence-corrected chi connectivity index (χ1v) is 10.1. The third-order valence-electron chi connectivity index (χ3n) is 4.30. The molecule has 2 aromatic rings. The average Bonchev–Trinajstić information content (AvgIpc) is 2.65. The summed E-state index contributed by atoms with van der Waals surface area (Å²) in [4.78, 5) is 12.5. The van der Waals surface area contributed by atoms with Gasteiger partial charge >= 0.3 is 0 Å². The predicted octanol–water partition coefficient (Wildman–Crippen LogP) is 2.62. The third kappa shape index (κ3) is 5.30. The molecule has 0 saturated heterocycles. The van der Waals surface area contributed by atoms with Crippen LogP contribution in [0.25, 0.3) is 0 Å². The first kappa shape index (κ1) is 20.9. The van der Waals surface area contributed by atoms with E-state index in [1.807, 2.05) is 24.3 Å². The van der Waals surface area contributed by atoms with Crippen LogP contribution < -0.4 is 10.1 Å². The summed E-state index contributed by atoms with van der Waals surface area (Å²) in [5.74, 6) is 0.537. The van der Waals surface area contributed by atoms with Crippen molar-refractivity contribution in [2.24, 2.45) is 0 Å². The Morgan fingerprint density at radius 3 is 2.37 bits per heavy atom. The van der Waals surface area contributed by atoms with Gasteiger partial charge in [-0.05, 0) is 55.2 Å². The molecule has 0 aromatic heterocycles. The Morgan fingerprint density at radius 1 is 1.11 bits per heavy atom. The molecule has 146 valence electrons. The fourth-order valence-corrected chi connectivity index (χ4v) is 3.75. The predicted molar refractivity (Wildman–Crippen MR) is 106 cm³/mol. The number of carbonyl (C=O) groups is 1. The summed E-state index contributed by atoms with van der Waals surface area (Å²) >= 11 is 0. The molecule has 0 fully saturated rings. The van der Waals surface area contributed by atoms with Crippen LogP contribution in [-0.4, -0.2) is 46.4 Å². The van der Waals surface area contributed by atoms with Crippen LogP contribution >= 0.6 is 0 Å². The van der Waals surface area contributed by atoms with E-state index >= 15 is 0 Å². The van der Waals surface area contributed by atoms with Gasteiger partial charge < -0.3 is 10.1 Å². The lowest BCUT2D eigenvalue weighted by atomic mass is 10.1. The van der Waals surface area contributed by atoms with E-state index in [0.717, 1.165) is 22.9 Å². The molecule has 27 heavy (non-hydrogen) atoms. The number of carbonyl (C=O) groups excluding carboxylic acids is 1. The Balaban J connectivity index is 1.96. The maximum atomic E-state index is 12.4. The van der Waals surface area contributed by atoms with Crippen LogP contribution in [0.15, 0.2) is 47.4 Å². The molecular weight excluding hydrogens is 364 g/mol. The van der Waals surface area contributed by atoms with E-state index in [1.54, 1.807) is 26.2 Å². The molecule has 0 bridgehead atoms. The Labute approximate surface area is 161 Å². The highest BCUT2D eigenvalue weighted by Gasteiger charge is 2.21. The van der Waals surface area contributed by atoms with E-state index < -0.39 is 10.0 Å². The van der Waals surface area contributed by atoms with Gasteiger partial charge in [0.25, 0.3) is 5.91 Å². The minimum absolute atomic E-state index is 0.151. The van der Waals surface area contributed by atoms with Crippen LogP contribution in [0.4, 0.5) is 0 Å². The number of amides is 1. The number of hydrogen-bond acceptors (Lipinski definition) is 4. The van der Waals surface area contributed by atoms with E-state index in [2.05, 4.69) is 5.32 Å². The van der Waals surface area contributed by atoms with E-state index in [-0.39, 0.29) is 10.8 Å². The van der Waals surface area contributed by atoms with Crippen molar-refractivity contribution >= 4 is 15.9 Å². The zero-order valence-electron chi connectivity index (χ0n) is 16.2. The number of nitrogens with zero attached hydrogens (tertiary/aromatic N) is 1. The highest BCUT2D eigenvalue weighted by atomic mass is 32.2. The Morgan fingerprint density at radius 2 is 1.78 bits per heavy atom. The summed E-state index contributed by atoms with van der Waals surface area (Å²) in [5.41, 5.74) is 2.12. The molecule has 0 aliphatic carbocycles. The molecule has 1 N–H and O–H groups in total. The third-order valence-corrected chi connectivity index (χ3v) is 6.25. The van der Waals surface area contributed by atoms with Gasteiger partial charge in [0.2, 0.25) is 10.0 Å². The van der Waals surface area contributed by atoms with Crippen molar-refractivity contribution < 1.29 is 17.9 Å². The van der Waals surface area contributed by atoms with Crippen LogP contribution in [0, 0.1) is 6.92 Å². The Kier molecular flexibility index (Phi) is 6.98. The highest BCUT2D eigenvalue weighted by Crippen LogP contribution is 2.20. The molecule has 0 radical (unpaired) electrons. The number of aryl methyl sites for hydroxylation is 2. The second-order valence-corrected chi connectivity index (χ2v) is 8.60. The minimum atomic E-state index is -3.59. The quantitative estimate of drug-likeness (QED) is 0.703. The van der Waals surface area contributed by atoms with Gasteiger partial charge in [0.1, 0.15) is 5.75 Å². The molecule has 0 spiro atoms. The first-order valence-electron chi connectivity index (χ1n) is 8.70. The SMILES string of the molecule is COc1ccc(CCCNC(=O)c2ccc(C)c(S(=O)(=O)N(C)C)c2)cc1. The number of nitrogens with one attached hydrogen (secondary N) is 1. The second-order valence-electron chi connectivity index (χ2n) is 6.48. The number of rotatable bonds is 8. The molecule has 0 heterocycles. The van der Waals surface area contributed by atoms with Crippen LogP contribution in [0.1, 0.15) is 27.9 Å². The lowest BCUT2D eigenvalue weighted by Crippen LogP contribution is -2.26. The number of methoxy groups -OCH3 is 1. The average molecular weight is 391 g/mol. The molecular formula is C20H26N2O4S. The van der Waals surface area contributed by atoms with Crippen molar-refractivity contribution in [2.45, 2.75) is 24.7 Å². The van der Waals surface area contributed by atoms with Gasteiger partial charge in [-0.25, -0.2) is 12.7 Å². The number of benzene rings is 2. The van der Waals surface area contributed by atoms with Crippen molar-refractivity contribution in [1.82, 2.24) is 9.62 Å². The molecule has 0 aliphatic rings. The normalized spacial score (nSPS) is 11.4. The maximum absolute atomic E-state index is 12.4. The molecule has 0 aliphatic heterocycles. The van der Waals surface area contributed by atoms with E-state index in [1.165, 1.54) is 25.7 Å². The molecule has 2 aromatic carbocycles.